The molecule has 1 atom stereocenters. The summed E-state index contributed by atoms with van der Waals surface area (Å²) in [5, 5.41) is 17.8. The zero-order valence-electron chi connectivity index (χ0n) is 15.3. The standard InChI is InChI=1S/C20H17ClN6OS/c21-16-8-6-14(7-9-16)17-12-29-18(24-17)10-11-22-20(28)19(27-13-23-25-26-27)15-4-2-1-3-5-15/h1-9,12-13,19H,10-11H2,(H,22,28)/t19-/m1/s1. The number of tetrazole rings is 1. The third-order valence-electron chi connectivity index (χ3n) is 4.32. The molecule has 29 heavy (non-hydrogen) atoms. The fraction of sp³-hybridized carbons (Fsp3) is 0.150. The average molecular weight is 425 g/mol. The third kappa shape index (κ3) is 4.67. The van der Waals surface area contributed by atoms with E-state index in [1.165, 1.54) is 11.0 Å². The van der Waals surface area contributed by atoms with Crippen molar-refractivity contribution in [3.05, 3.63) is 81.9 Å². The van der Waals surface area contributed by atoms with Crippen molar-refractivity contribution >= 4 is 28.8 Å². The van der Waals surface area contributed by atoms with Crippen LogP contribution in [0.4, 0.5) is 0 Å². The fourth-order valence-electron chi connectivity index (χ4n) is 2.91. The smallest absolute Gasteiger partial charge is 0.249 e. The fourth-order valence-corrected chi connectivity index (χ4v) is 3.85. The molecule has 0 bridgehead atoms. The molecule has 2 aromatic heterocycles. The number of hydrogen-bond donors (Lipinski definition) is 1. The van der Waals surface area contributed by atoms with Crippen LogP contribution in [-0.4, -0.2) is 37.6 Å². The third-order valence-corrected chi connectivity index (χ3v) is 5.48. The van der Waals surface area contributed by atoms with Gasteiger partial charge in [-0.1, -0.05) is 54.1 Å². The quantitative estimate of drug-likeness (QED) is 0.491. The Morgan fingerprint density at radius 3 is 2.66 bits per heavy atom. The van der Waals surface area contributed by atoms with E-state index in [2.05, 4.69) is 25.8 Å². The minimum atomic E-state index is -0.618. The van der Waals surface area contributed by atoms with E-state index >= 15 is 0 Å². The number of benzene rings is 2. The van der Waals surface area contributed by atoms with Gasteiger partial charge in [-0.15, -0.1) is 16.4 Å². The summed E-state index contributed by atoms with van der Waals surface area (Å²) < 4.78 is 1.45. The molecule has 2 heterocycles. The van der Waals surface area contributed by atoms with Gasteiger partial charge in [0, 0.05) is 28.9 Å². The molecular formula is C20H17ClN6OS. The highest BCUT2D eigenvalue weighted by atomic mass is 35.5. The lowest BCUT2D eigenvalue weighted by Gasteiger charge is -2.16. The Morgan fingerprint density at radius 1 is 1.14 bits per heavy atom. The first-order valence-electron chi connectivity index (χ1n) is 8.96. The van der Waals surface area contributed by atoms with Crippen molar-refractivity contribution in [3.8, 4) is 11.3 Å². The number of rotatable bonds is 7. The molecule has 0 saturated carbocycles. The van der Waals surface area contributed by atoms with Gasteiger partial charge in [-0.2, -0.15) is 0 Å². The van der Waals surface area contributed by atoms with Crippen molar-refractivity contribution in [2.45, 2.75) is 12.5 Å². The van der Waals surface area contributed by atoms with E-state index in [4.69, 9.17) is 11.6 Å². The van der Waals surface area contributed by atoms with Crippen LogP contribution in [0.3, 0.4) is 0 Å². The van der Waals surface area contributed by atoms with Crippen LogP contribution >= 0.6 is 22.9 Å². The molecule has 0 saturated heterocycles. The number of amides is 1. The highest BCUT2D eigenvalue weighted by molar-refractivity contribution is 7.09. The van der Waals surface area contributed by atoms with E-state index in [-0.39, 0.29) is 5.91 Å². The molecular weight excluding hydrogens is 408 g/mol. The van der Waals surface area contributed by atoms with Crippen molar-refractivity contribution in [3.63, 3.8) is 0 Å². The molecule has 4 rings (SSSR count). The molecule has 4 aromatic rings. The minimum Gasteiger partial charge on any atom is -0.354 e. The van der Waals surface area contributed by atoms with Crippen LogP contribution in [0.5, 0.6) is 0 Å². The van der Waals surface area contributed by atoms with Gasteiger partial charge in [-0.3, -0.25) is 4.79 Å². The zero-order valence-corrected chi connectivity index (χ0v) is 16.8. The Morgan fingerprint density at radius 2 is 1.93 bits per heavy atom. The first kappa shape index (κ1) is 19.2. The second-order valence-electron chi connectivity index (χ2n) is 6.28. The average Bonchev–Trinajstić information content (AvgIpc) is 3.42. The lowest BCUT2D eigenvalue weighted by atomic mass is 10.1. The van der Waals surface area contributed by atoms with Gasteiger partial charge in [-0.25, -0.2) is 9.67 Å². The van der Waals surface area contributed by atoms with Crippen LogP contribution in [-0.2, 0) is 11.2 Å². The highest BCUT2D eigenvalue weighted by Gasteiger charge is 2.23. The van der Waals surface area contributed by atoms with Crippen molar-refractivity contribution in [1.29, 1.82) is 0 Å². The number of hydrogen-bond acceptors (Lipinski definition) is 6. The Bertz CT molecular complexity index is 1070. The van der Waals surface area contributed by atoms with E-state index in [0.717, 1.165) is 21.8 Å². The number of thiazole rings is 1. The van der Waals surface area contributed by atoms with Gasteiger partial charge >= 0.3 is 0 Å². The maximum absolute atomic E-state index is 12.8. The van der Waals surface area contributed by atoms with E-state index < -0.39 is 6.04 Å². The number of nitrogens with zero attached hydrogens (tertiary/aromatic N) is 5. The molecule has 0 aliphatic rings. The molecule has 1 N–H and O–H groups in total. The lowest BCUT2D eigenvalue weighted by molar-refractivity contribution is -0.123. The second kappa shape index (κ2) is 8.93. The molecule has 9 heteroatoms. The van der Waals surface area contributed by atoms with Crippen LogP contribution in [0, 0.1) is 0 Å². The van der Waals surface area contributed by atoms with E-state index in [9.17, 15) is 4.79 Å². The lowest BCUT2D eigenvalue weighted by Crippen LogP contribution is -2.34. The molecule has 0 aliphatic heterocycles. The molecule has 0 fully saturated rings. The van der Waals surface area contributed by atoms with Crippen LogP contribution in [0.2, 0.25) is 5.02 Å². The minimum absolute atomic E-state index is 0.169. The first-order chi connectivity index (χ1) is 14.2. The van der Waals surface area contributed by atoms with Gasteiger partial charge in [0.2, 0.25) is 5.91 Å². The Hall–Kier alpha value is -3.10. The molecule has 1 amide bonds. The number of carbonyl (C=O) groups is 1. The first-order valence-corrected chi connectivity index (χ1v) is 10.2. The monoisotopic (exact) mass is 424 g/mol. The molecule has 0 unspecified atom stereocenters. The van der Waals surface area contributed by atoms with Crippen molar-refractivity contribution in [2.24, 2.45) is 0 Å². The van der Waals surface area contributed by atoms with E-state index in [0.29, 0.717) is 18.0 Å². The summed E-state index contributed by atoms with van der Waals surface area (Å²) >= 11 is 7.51. The highest BCUT2D eigenvalue weighted by Crippen LogP contribution is 2.23. The molecule has 146 valence electrons. The van der Waals surface area contributed by atoms with Crippen LogP contribution in [0.1, 0.15) is 16.6 Å². The normalized spacial score (nSPS) is 11.9. The van der Waals surface area contributed by atoms with Crippen molar-refractivity contribution < 1.29 is 4.79 Å². The predicted molar refractivity (Wildman–Crippen MR) is 112 cm³/mol. The van der Waals surface area contributed by atoms with Gasteiger partial charge in [0.05, 0.1) is 10.7 Å². The molecule has 0 spiro atoms. The largest absolute Gasteiger partial charge is 0.354 e. The van der Waals surface area contributed by atoms with Gasteiger partial charge in [0.15, 0.2) is 6.04 Å². The predicted octanol–water partition coefficient (Wildman–Crippen LogP) is 3.40. The van der Waals surface area contributed by atoms with Crippen LogP contribution in [0.15, 0.2) is 66.3 Å². The summed E-state index contributed by atoms with van der Waals surface area (Å²) in [4.78, 5) is 17.5. The molecule has 0 radical (unpaired) electrons. The van der Waals surface area contributed by atoms with Crippen molar-refractivity contribution in [1.82, 2.24) is 30.5 Å². The topological polar surface area (TPSA) is 85.6 Å². The SMILES string of the molecule is O=C(NCCc1nc(-c2ccc(Cl)cc2)cs1)[C@@H](c1ccccc1)n1cnnn1. The Balaban J connectivity index is 1.39. The number of halogens is 1. The van der Waals surface area contributed by atoms with Gasteiger partial charge in [-0.05, 0) is 28.1 Å². The van der Waals surface area contributed by atoms with Crippen LogP contribution < -0.4 is 5.32 Å². The number of nitrogens with one attached hydrogen (secondary N) is 1. The van der Waals surface area contributed by atoms with Gasteiger partial charge in [0.1, 0.15) is 6.33 Å². The number of carbonyl (C=O) groups excluding carboxylic acids is 1. The van der Waals surface area contributed by atoms with Gasteiger partial charge in [0.25, 0.3) is 0 Å². The van der Waals surface area contributed by atoms with E-state index in [1.54, 1.807) is 11.3 Å². The summed E-state index contributed by atoms with van der Waals surface area (Å²) in [5.41, 5.74) is 2.74. The molecule has 2 aromatic carbocycles. The summed E-state index contributed by atoms with van der Waals surface area (Å²) in [6.45, 7) is 0.470. The summed E-state index contributed by atoms with van der Waals surface area (Å²) in [5.74, 6) is -0.169. The summed E-state index contributed by atoms with van der Waals surface area (Å²) in [6, 6.07) is 16.4. The second-order valence-corrected chi connectivity index (χ2v) is 7.66. The Kier molecular flexibility index (Phi) is 5.92. The van der Waals surface area contributed by atoms with Crippen molar-refractivity contribution in [2.75, 3.05) is 6.54 Å². The number of aromatic nitrogens is 5. The maximum atomic E-state index is 12.8. The molecule has 7 nitrogen and oxygen atoms in total. The summed E-state index contributed by atoms with van der Waals surface area (Å²) in [6.07, 6.45) is 2.08. The zero-order chi connectivity index (χ0) is 20.1. The Labute approximate surface area is 176 Å². The van der Waals surface area contributed by atoms with E-state index in [1.807, 2.05) is 60.0 Å². The van der Waals surface area contributed by atoms with Crippen LogP contribution in [0.25, 0.3) is 11.3 Å². The van der Waals surface area contributed by atoms with Gasteiger partial charge < -0.3 is 5.32 Å². The summed E-state index contributed by atoms with van der Waals surface area (Å²) in [7, 11) is 0. The maximum Gasteiger partial charge on any atom is 0.249 e. The molecule has 0 aliphatic carbocycles.